The van der Waals surface area contributed by atoms with Crippen LogP contribution in [0.1, 0.15) is 64.5 Å². The second-order valence-corrected chi connectivity index (χ2v) is 8.54. The number of carbonyl (C=O) groups excluding carboxylic acids is 3. The van der Waals surface area contributed by atoms with Crippen LogP contribution in [0.3, 0.4) is 0 Å². The number of nitrogen functional groups attached to an aromatic ring is 1. The van der Waals surface area contributed by atoms with E-state index in [0.29, 0.717) is 35.7 Å². The van der Waals surface area contributed by atoms with Crippen molar-refractivity contribution < 1.29 is 14.4 Å². The lowest BCUT2D eigenvalue weighted by Crippen LogP contribution is -2.40. The van der Waals surface area contributed by atoms with Crippen LogP contribution >= 0.6 is 0 Å². The van der Waals surface area contributed by atoms with Gasteiger partial charge in [-0.2, -0.15) is 0 Å². The van der Waals surface area contributed by atoms with E-state index in [9.17, 15) is 14.4 Å². The molecule has 0 radical (unpaired) electrons. The fourth-order valence-corrected chi connectivity index (χ4v) is 4.25. The minimum absolute atomic E-state index is 0.0191. The van der Waals surface area contributed by atoms with Crippen LogP contribution in [0.2, 0.25) is 0 Å². The molecule has 1 atom stereocenters. The molecule has 1 fully saturated rings. The number of hydrogen-bond acceptors (Lipinski definition) is 6. The number of nitrogens with two attached hydrogens (primary N) is 2. The number of aryl methyl sites for hydroxylation is 1. The van der Waals surface area contributed by atoms with Crippen molar-refractivity contribution in [2.45, 2.75) is 39.2 Å². The summed E-state index contributed by atoms with van der Waals surface area (Å²) in [4.78, 5) is 48.0. The Labute approximate surface area is 208 Å². The number of amides is 3. The van der Waals surface area contributed by atoms with E-state index >= 15 is 0 Å². The molecule has 5 N–H and O–H groups in total. The molecule has 1 aromatic carbocycles. The molecule has 3 heterocycles. The third-order valence-electron chi connectivity index (χ3n) is 6.04. The zero-order valence-electron chi connectivity index (χ0n) is 20.1. The van der Waals surface area contributed by atoms with Crippen molar-refractivity contribution in [1.29, 1.82) is 0 Å². The molecule has 0 unspecified atom stereocenters. The normalized spacial score (nSPS) is 15.1. The maximum atomic E-state index is 12.6. The number of carbonyl (C=O) groups is 3. The van der Waals surface area contributed by atoms with Gasteiger partial charge in [-0.05, 0) is 62.8 Å². The number of primary amides is 1. The number of anilines is 1. The molecule has 1 aliphatic rings. The molecule has 0 saturated carbocycles. The third-order valence-corrected chi connectivity index (χ3v) is 6.04. The van der Waals surface area contributed by atoms with Gasteiger partial charge in [-0.3, -0.25) is 14.4 Å². The van der Waals surface area contributed by atoms with Crippen LogP contribution in [-0.2, 0) is 4.79 Å². The summed E-state index contributed by atoms with van der Waals surface area (Å²) >= 11 is 0. The van der Waals surface area contributed by atoms with Gasteiger partial charge in [-0.15, -0.1) is 0 Å². The van der Waals surface area contributed by atoms with E-state index in [-0.39, 0.29) is 23.2 Å². The number of piperidine rings is 1. The Hall–Kier alpha value is -4.65. The van der Waals surface area contributed by atoms with Crippen molar-refractivity contribution in [2.75, 3.05) is 17.7 Å². The summed E-state index contributed by atoms with van der Waals surface area (Å²) in [5.41, 5.74) is 7.90. The van der Waals surface area contributed by atoms with Crippen molar-refractivity contribution in [3.05, 3.63) is 65.2 Å². The molecule has 184 valence electrons. The first kappa shape index (κ1) is 24.5. The second kappa shape index (κ2) is 10.3. The highest BCUT2D eigenvalue weighted by Crippen LogP contribution is 2.33. The summed E-state index contributed by atoms with van der Waals surface area (Å²) < 4.78 is 1.16. The van der Waals surface area contributed by atoms with Gasteiger partial charge in [0.1, 0.15) is 11.5 Å². The number of nitrogens with one attached hydrogen (secondary N) is 1. The first-order valence-corrected chi connectivity index (χ1v) is 11.6. The summed E-state index contributed by atoms with van der Waals surface area (Å²) in [5, 5.41) is 2.74. The number of nitrogens with zero attached hydrogens (tertiary/aromatic N) is 4. The highest BCUT2D eigenvalue weighted by atomic mass is 16.2. The zero-order valence-corrected chi connectivity index (χ0v) is 20.1. The lowest BCUT2D eigenvalue weighted by molar-refractivity contribution is -0.129. The van der Waals surface area contributed by atoms with E-state index < -0.39 is 11.9 Å². The van der Waals surface area contributed by atoms with Gasteiger partial charge in [0, 0.05) is 23.9 Å². The summed E-state index contributed by atoms with van der Waals surface area (Å²) in [6, 6.07) is 9.72. The molecule has 4 rings (SSSR count). The lowest BCUT2D eigenvalue weighted by Gasteiger charge is -2.33. The SMILES string of the molecule is CC#CC(=O)N1CCCC[C@H]1c1nc(-c2ccc(C(=O)Nc3ccc(C)cn3)cc2)c(C(N)=O)n1N. The van der Waals surface area contributed by atoms with E-state index in [2.05, 4.69) is 27.1 Å². The molecular weight excluding hydrogens is 458 g/mol. The minimum atomic E-state index is -0.749. The fourth-order valence-electron chi connectivity index (χ4n) is 4.25. The average molecular weight is 486 g/mol. The topological polar surface area (TPSA) is 149 Å². The number of imidazole rings is 1. The number of pyridine rings is 1. The van der Waals surface area contributed by atoms with Crippen LogP contribution in [0.4, 0.5) is 5.82 Å². The van der Waals surface area contributed by atoms with Gasteiger partial charge in [0.05, 0.1) is 6.04 Å². The Kier molecular flexibility index (Phi) is 7.01. The van der Waals surface area contributed by atoms with Crippen molar-refractivity contribution in [3.63, 3.8) is 0 Å². The van der Waals surface area contributed by atoms with Gasteiger partial charge in [-0.1, -0.05) is 24.1 Å². The van der Waals surface area contributed by atoms with Crippen molar-refractivity contribution >= 4 is 23.5 Å². The first-order valence-electron chi connectivity index (χ1n) is 11.6. The van der Waals surface area contributed by atoms with Gasteiger partial charge in [-0.25, -0.2) is 14.6 Å². The molecule has 3 aromatic rings. The van der Waals surface area contributed by atoms with E-state index in [0.717, 1.165) is 23.1 Å². The first-order chi connectivity index (χ1) is 17.3. The summed E-state index contributed by atoms with van der Waals surface area (Å²) in [6.45, 7) is 4.03. The molecule has 0 bridgehead atoms. The van der Waals surface area contributed by atoms with Crippen LogP contribution in [0.5, 0.6) is 0 Å². The van der Waals surface area contributed by atoms with E-state index in [1.54, 1.807) is 48.4 Å². The predicted octanol–water partition coefficient (Wildman–Crippen LogP) is 2.40. The van der Waals surface area contributed by atoms with Gasteiger partial charge in [0.15, 0.2) is 11.5 Å². The van der Waals surface area contributed by atoms with Crippen LogP contribution in [0.15, 0.2) is 42.6 Å². The summed E-state index contributed by atoms with van der Waals surface area (Å²) in [6.07, 6.45) is 4.02. The van der Waals surface area contributed by atoms with Crippen molar-refractivity contribution in [2.24, 2.45) is 5.73 Å². The van der Waals surface area contributed by atoms with Gasteiger partial charge < -0.3 is 21.8 Å². The Morgan fingerprint density at radius 2 is 1.86 bits per heavy atom. The summed E-state index contributed by atoms with van der Waals surface area (Å²) in [5.74, 6) is 10.9. The molecule has 0 aliphatic carbocycles. The number of benzene rings is 1. The number of likely N-dealkylation sites (tertiary alicyclic amines) is 1. The van der Waals surface area contributed by atoms with E-state index in [4.69, 9.17) is 11.6 Å². The highest BCUT2D eigenvalue weighted by molar-refractivity contribution is 6.04. The average Bonchev–Trinajstić information content (AvgIpc) is 3.22. The fraction of sp³-hybridized carbons (Fsp3) is 0.269. The van der Waals surface area contributed by atoms with Crippen LogP contribution in [-0.4, -0.2) is 43.8 Å². The molecule has 1 aliphatic heterocycles. The smallest absolute Gasteiger partial charge is 0.299 e. The molecule has 3 amide bonds. The zero-order chi connectivity index (χ0) is 25.8. The molecule has 2 aromatic heterocycles. The maximum Gasteiger partial charge on any atom is 0.299 e. The monoisotopic (exact) mass is 485 g/mol. The Bertz CT molecular complexity index is 1370. The minimum Gasteiger partial charge on any atom is -0.364 e. The largest absolute Gasteiger partial charge is 0.364 e. The van der Waals surface area contributed by atoms with Gasteiger partial charge >= 0.3 is 0 Å². The van der Waals surface area contributed by atoms with Crippen LogP contribution in [0.25, 0.3) is 11.3 Å². The van der Waals surface area contributed by atoms with Gasteiger partial charge in [0.2, 0.25) is 0 Å². The van der Waals surface area contributed by atoms with Crippen LogP contribution in [0, 0.1) is 18.8 Å². The Morgan fingerprint density at radius 3 is 2.50 bits per heavy atom. The highest BCUT2D eigenvalue weighted by Gasteiger charge is 2.33. The lowest BCUT2D eigenvalue weighted by atomic mass is 10.0. The number of aromatic nitrogens is 3. The standard InChI is InChI=1S/C26H27N7O3/c1-3-6-21(34)32-14-5-4-7-19(32)25-31-22(23(24(27)35)33(25)28)17-9-11-18(12-10-17)26(36)30-20-13-8-16(2)15-29-20/h8-13,15,19H,4-5,7,14,28H2,1-2H3,(H2,27,35)(H,29,30,36)/t19-/m0/s1. The van der Waals surface area contributed by atoms with Gasteiger partial charge in [0.25, 0.3) is 17.7 Å². The van der Waals surface area contributed by atoms with E-state index in [1.165, 1.54) is 0 Å². The third kappa shape index (κ3) is 4.90. The molecule has 10 heteroatoms. The molecular formula is C26H27N7O3. The summed E-state index contributed by atoms with van der Waals surface area (Å²) in [7, 11) is 0. The van der Waals surface area contributed by atoms with E-state index in [1.807, 2.05) is 13.0 Å². The number of hydrogen-bond donors (Lipinski definition) is 3. The van der Waals surface area contributed by atoms with Crippen LogP contribution < -0.4 is 16.9 Å². The van der Waals surface area contributed by atoms with Crippen molar-refractivity contribution in [3.8, 4) is 23.1 Å². The molecule has 0 spiro atoms. The molecule has 36 heavy (non-hydrogen) atoms. The maximum absolute atomic E-state index is 12.6. The van der Waals surface area contributed by atoms with Crippen molar-refractivity contribution in [1.82, 2.24) is 19.5 Å². The predicted molar refractivity (Wildman–Crippen MR) is 135 cm³/mol. The Balaban J connectivity index is 1.65. The Morgan fingerprint density at radius 1 is 1.11 bits per heavy atom. The number of rotatable bonds is 5. The second-order valence-electron chi connectivity index (χ2n) is 8.54. The quantitative estimate of drug-likeness (QED) is 0.373. The molecule has 10 nitrogen and oxygen atoms in total. The molecule has 1 saturated heterocycles.